The third kappa shape index (κ3) is 4.86. The van der Waals surface area contributed by atoms with Crippen LogP contribution in [0.4, 0.5) is 10.8 Å². The second kappa shape index (κ2) is 9.39. The molecule has 33 heavy (non-hydrogen) atoms. The van der Waals surface area contributed by atoms with E-state index in [2.05, 4.69) is 15.3 Å². The Labute approximate surface area is 195 Å². The van der Waals surface area contributed by atoms with Crippen LogP contribution in [0.25, 0.3) is 11.3 Å². The van der Waals surface area contributed by atoms with E-state index in [1.54, 1.807) is 42.7 Å². The maximum absolute atomic E-state index is 13.1. The van der Waals surface area contributed by atoms with Gasteiger partial charge >= 0.3 is 0 Å². The molecule has 0 aliphatic rings. The highest BCUT2D eigenvalue weighted by molar-refractivity contribution is 7.92. The number of thiazole rings is 1. The van der Waals surface area contributed by atoms with Gasteiger partial charge in [0.05, 0.1) is 23.4 Å². The highest BCUT2D eigenvalue weighted by Gasteiger charge is 2.23. The normalized spacial score (nSPS) is 11.1. The molecule has 2 aromatic heterocycles. The van der Waals surface area contributed by atoms with E-state index < -0.39 is 15.9 Å². The van der Waals surface area contributed by atoms with E-state index in [9.17, 15) is 13.2 Å². The molecule has 4 aromatic rings. The molecule has 1 amide bonds. The van der Waals surface area contributed by atoms with E-state index in [1.807, 2.05) is 17.5 Å². The Balaban J connectivity index is 1.53. The highest BCUT2D eigenvalue weighted by Crippen LogP contribution is 2.26. The van der Waals surface area contributed by atoms with E-state index in [0.717, 1.165) is 9.87 Å². The zero-order chi connectivity index (χ0) is 23.4. The average Bonchev–Trinajstić information content (AvgIpc) is 3.32. The van der Waals surface area contributed by atoms with Crippen LogP contribution >= 0.6 is 11.3 Å². The van der Waals surface area contributed by atoms with Gasteiger partial charge in [0, 0.05) is 35.9 Å². The number of carbonyl (C=O) groups is 1. The molecule has 8 nitrogen and oxygen atoms in total. The summed E-state index contributed by atoms with van der Waals surface area (Å²) in [5, 5.41) is 4.95. The van der Waals surface area contributed by atoms with E-state index >= 15 is 0 Å². The largest absolute Gasteiger partial charge is 0.497 e. The van der Waals surface area contributed by atoms with Crippen LogP contribution in [0.3, 0.4) is 0 Å². The third-order valence-electron chi connectivity index (χ3n) is 4.87. The Hall–Kier alpha value is -3.76. The van der Waals surface area contributed by atoms with Gasteiger partial charge in [0.25, 0.3) is 15.9 Å². The summed E-state index contributed by atoms with van der Waals surface area (Å²) in [6.07, 6.45) is 3.36. The molecule has 0 aliphatic carbocycles. The minimum atomic E-state index is -3.88. The first-order chi connectivity index (χ1) is 15.9. The van der Waals surface area contributed by atoms with Crippen molar-refractivity contribution in [2.24, 2.45) is 0 Å². The summed E-state index contributed by atoms with van der Waals surface area (Å²) in [5.41, 5.74) is 2.21. The number of amides is 1. The minimum absolute atomic E-state index is 0.00338. The number of benzene rings is 2. The van der Waals surface area contributed by atoms with Crippen molar-refractivity contribution in [3.05, 3.63) is 84.0 Å². The topological polar surface area (TPSA) is 101 Å². The quantitative estimate of drug-likeness (QED) is 0.423. The average molecular weight is 481 g/mol. The van der Waals surface area contributed by atoms with E-state index in [-0.39, 0.29) is 10.5 Å². The maximum atomic E-state index is 13.1. The lowest BCUT2D eigenvalue weighted by molar-refractivity contribution is 0.102. The smallest absolute Gasteiger partial charge is 0.264 e. The van der Waals surface area contributed by atoms with Crippen molar-refractivity contribution < 1.29 is 17.9 Å². The fourth-order valence-corrected chi connectivity index (χ4v) is 4.99. The van der Waals surface area contributed by atoms with Crippen LogP contribution in [-0.2, 0) is 10.0 Å². The molecular weight excluding hydrogens is 460 g/mol. The molecule has 168 valence electrons. The number of sulfonamides is 1. The molecule has 0 saturated heterocycles. The lowest BCUT2D eigenvalue weighted by Crippen LogP contribution is -2.26. The van der Waals surface area contributed by atoms with Crippen LogP contribution in [0.15, 0.2) is 83.3 Å². The summed E-state index contributed by atoms with van der Waals surface area (Å²) in [6.45, 7) is 0. The van der Waals surface area contributed by atoms with Crippen molar-refractivity contribution in [3.63, 3.8) is 0 Å². The molecule has 0 radical (unpaired) electrons. The van der Waals surface area contributed by atoms with Gasteiger partial charge in [-0.3, -0.25) is 19.4 Å². The Kier molecular flexibility index (Phi) is 6.38. The molecule has 0 spiro atoms. The van der Waals surface area contributed by atoms with Gasteiger partial charge in [-0.05, 0) is 54.6 Å². The van der Waals surface area contributed by atoms with Gasteiger partial charge in [-0.25, -0.2) is 13.4 Å². The minimum Gasteiger partial charge on any atom is -0.497 e. The zero-order valence-electron chi connectivity index (χ0n) is 17.8. The Morgan fingerprint density at radius 1 is 1.09 bits per heavy atom. The molecule has 2 heterocycles. The first kappa shape index (κ1) is 22.4. The number of nitrogens with zero attached hydrogens (tertiary/aromatic N) is 3. The van der Waals surface area contributed by atoms with E-state index in [0.29, 0.717) is 22.3 Å². The summed E-state index contributed by atoms with van der Waals surface area (Å²) in [7, 11) is -0.883. The van der Waals surface area contributed by atoms with Crippen molar-refractivity contribution >= 4 is 38.1 Å². The van der Waals surface area contributed by atoms with Gasteiger partial charge in [-0.2, -0.15) is 0 Å². The van der Waals surface area contributed by atoms with Gasteiger partial charge in [0.15, 0.2) is 5.13 Å². The maximum Gasteiger partial charge on any atom is 0.264 e. The number of rotatable bonds is 7. The molecule has 0 aliphatic heterocycles. The van der Waals surface area contributed by atoms with Crippen LogP contribution in [0.1, 0.15) is 10.4 Å². The summed E-state index contributed by atoms with van der Waals surface area (Å²) in [4.78, 5) is 21.2. The first-order valence-electron chi connectivity index (χ1n) is 9.79. The van der Waals surface area contributed by atoms with Crippen LogP contribution < -0.4 is 14.4 Å². The predicted octanol–water partition coefficient (Wildman–Crippen LogP) is 4.29. The van der Waals surface area contributed by atoms with Crippen LogP contribution in [0.5, 0.6) is 5.75 Å². The summed E-state index contributed by atoms with van der Waals surface area (Å²) in [6, 6.07) is 16.2. The molecule has 1 N–H and O–H groups in total. The molecule has 0 atom stereocenters. The molecule has 0 fully saturated rings. The number of hydrogen-bond acceptors (Lipinski definition) is 7. The zero-order valence-corrected chi connectivity index (χ0v) is 19.4. The van der Waals surface area contributed by atoms with E-state index in [1.165, 1.54) is 43.7 Å². The molecule has 0 saturated carbocycles. The number of pyridine rings is 1. The monoisotopic (exact) mass is 480 g/mol. The van der Waals surface area contributed by atoms with Gasteiger partial charge in [0.2, 0.25) is 0 Å². The van der Waals surface area contributed by atoms with Crippen LogP contribution in [0.2, 0.25) is 0 Å². The highest BCUT2D eigenvalue weighted by atomic mass is 32.2. The van der Waals surface area contributed by atoms with Crippen LogP contribution in [0, 0.1) is 0 Å². The molecule has 2 aromatic carbocycles. The predicted molar refractivity (Wildman–Crippen MR) is 128 cm³/mol. The number of aromatic nitrogens is 2. The number of carbonyl (C=O) groups excluding carboxylic acids is 1. The number of ether oxygens (including phenoxy) is 1. The Morgan fingerprint density at radius 2 is 1.88 bits per heavy atom. The van der Waals surface area contributed by atoms with Crippen LogP contribution in [-0.4, -0.2) is 38.5 Å². The third-order valence-corrected chi connectivity index (χ3v) is 7.41. The summed E-state index contributed by atoms with van der Waals surface area (Å²) in [5.74, 6) is 0.170. The first-order valence-corrected chi connectivity index (χ1v) is 12.1. The molecule has 0 bridgehead atoms. The fraction of sp³-hybridized carbons (Fsp3) is 0.0870. The number of nitrogens with one attached hydrogen (secondary N) is 1. The molecule has 10 heteroatoms. The van der Waals surface area contributed by atoms with Gasteiger partial charge in [-0.1, -0.05) is 6.07 Å². The second-order valence-corrected chi connectivity index (χ2v) is 9.76. The second-order valence-electron chi connectivity index (χ2n) is 6.93. The van der Waals surface area contributed by atoms with Crippen molar-refractivity contribution in [1.29, 1.82) is 0 Å². The summed E-state index contributed by atoms with van der Waals surface area (Å²) < 4.78 is 32.5. The fourth-order valence-electron chi connectivity index (χ4n) is 3.03. The van der Waals surface area contributed by atoms with Gasteiger partial charge < -0.3 is 4.74 Å². The molecular formula is C23H20N4O4S2. The molecule has 4 rings (SSSR count). The number of methoxy groups -OCH3 is 1. The number of anilines is 2. The lowest BCUT2D eigenvalue weighted by Gasteiger charge is -2.20. The Morgan fingerprint density at radius 3 is 2.58 bits per heavy atom. The van der Waals surface area contributed by atoms with Crippen molar-refractivity contribution in [2.75, 3.05) is 23.8 Å². The summed E-state index contributed by atoms with van der Waals surface area (Å²) >= 11 is 1.27. The lowest BCUT2D eigenvalue weighted by atomic mass is 10.2. The molecule has 0 unspecified atom stereocenters. The van der Waals surface area contributed by atoms with Gasteiger partial charge in [-0.15, -0.1) is 11.3 Å². The number of hydrogen-bond donors (Lipinski definition) is 1. The standard InChI is InChI=1S/C23H20N4O4S2/c1-27(18-8-10-19(31-2)11-9-18)33(29,30)20-7-3-5-16(13-20)22(28)26-23-25-21(15-32-23)17-6-4-12-24-14-17/h3-15H,1-2H3,(H,25,26,28). The van der Waals surface area contributed by atoms with Gasteiger partial charge in [0.1, 0.15) is 5.75 Å². The SMILES string of the molecule is COc1ccc(N(C)S(=O)(=O)c2cccc(C(=O)Nc3nc(-c4cccnc4)cs3)c2)cc1. The Bertz CT molecular complexity index is 1370. The van der Waals surface area contributed by atoms with Crippen molar-refractivity contribution in [3.8, 4) is 17.0 Å². The van der Waals surface area contributed by atoms with Crippen molar-refractivity contribution in [2.45, 2.75) is 4.90 Å². The van der Waals surface area contributed by atoms with E-state index in [4.69, 9.17) is 4.74 Å². The van der Waals surface area contributed by atoms with Crippen molar-refractivity contribution in [1.82, 2.24) is 9.97 Å².